The lowest BCUT2D eigenvalue weighted by molar-refractivity contribution is -0.383. The number of nitrogen functional groups attached to an aromatic ring is 1. The first-order valence-electron chi connectivity index (χ1n) is 5.52. The molecule has 6 nitrogen and oxygen atoms in total. The molecule has 1 amide bonds. The molecule has 0 fully saturated rings. The third-order valence-electron chi connectivity index (χ3n) is 2.53. The number of rotatable bonds is 4. The molecule has 0 bridgehead atoms. The Morgan fingerprint density at radius 3 is 2.75 bits per heavy atom. The smallest absolute Gasteiger partial charge is 0.292 e. The van der Waals surface area contributed by atoms with E-state index in [9.17, 15) is 14.9 Å². The van der Waals surface area contributed by atoms with Crippen LogP contribution < -0.4 is 11.1 Å². The molecule has 0 aliphatic heterocycles. The molecule has 0 atom stereocenters. The first-order valence-corrected chi connectivity index (χ1v) is 7.19. The number of amides is 1. The Balaban J connectivity index is 2.06. The largest absolute Gasteiger partial charge is 0.393 e. The Morgan fingerprint density at radius 2 is 2.20 bits per heavy atom. The summed E-state index contributed by atoms with van der Waals surface area (Å²) >= 11 is 4.85. The molecule has 2 aromatic rings. The Morgan fingerprint density at radius 1 is 1.45 bits per heavy atom. The topological polar surface area (TPSA) is 98.3 Å². The zero-order chi connectivity index (χ0) is 14.7. The number of hydrogen-bond donors (Lipinski definition) is 2. The fourth-order valence-electron chi connectivity index (χ4n) is 1.58. The third kappa shape index (κ3) is 3.34. The summed E-state index contributed by atoms with van der Waals surface area (Å²) in [5.41, 5.74) is 5.61. The van der Waals surface area contributed by atoms with Gasteiger partial charge < -0.3 is 11.1 Å². The fourth-order valence-corrected chi connectivity index (χ4v) is 2.97. The Bertz CT molecular complexity index is 672. The van der Waals surface area contributed by atoms with Gasteiger partial charge in [0.1, 0.15) is 5.69 Å². The van der Waals surface area contributed by atoms with Crippen molar-refractivity contribution in [2.45, 2.75) is 6.54 Å². The van der Waals surface area contributed by atoms with Crippen LogP contribution in [0.3, 0.4) is 0 Å². The minimum Gasteiger partial charge on any atom is -0.393 e. The Hall–Kier alpha value is -1.93. The van der Waals surface area contributed by atoms with Crippen LogP contribution >= 0.6 is 27.3 Å². The molecule has 1 heterocycles. The van der Waals surface area contributed by atoms with E-state index in [-0.39, 0.29) is 17.3 Å². The van der Waals surface area contributed by atoms with Gasteiger partial charge in [0.05, 0.1) is 11.5 Å². The van der Waals surface area contributed by atoms with Crippen molar-refractivity contribution >= 4 is 44.5 Å². The molecular formula is C12H10BrN3O3S. The zero-order valence-corrected chi connectivity index (χ0v) is 12.5. The lowest BCUT2D eigenvalue weighted by Gasteiger charge is -2.05. The van der Waals surface area contributed by atoms with E-state index in [0.717, 1.165) is 9.35 Å². The number of halogens is 1. The Labute approximate surface area is 126 Å². The van der Waals surface area contributed by atoms with Crippen LogP contribution in [0.2, 0.25) is 0 Å². The van der Waals surface area contributed by atoms with Crippen molar-refractivity contribution in [2.24, 2.45) is 0 Å². The molecular weight excluding hydrogens is 346 g/mol. The zero-order valence-electron chi connectivity index (χ0n) is 10.1. The van der Waals surface area contributed by atoms with Crippen LogP contribution in [0.4, 0.5) is 11.4 Å². The second-order valence-electron chi connectivity index (χ2n) is 3.94. The molecule has 0 unspecified atom stereocenters. The summed E-state index contributed by atoms with van der Waals surface area (Å²) in [6.45, 7) is 0.395. The van der Waals surface area contributed by atoms with Crippen molar-refractivity contribution in [3.8, 4) is 0 Å². The van der Waals surface area contributed by atoms with Gasteiger partial charge in [0.25, 0.3) is 11.6 Å². The lowest BCUT2D eigenvalue weighted by atomic mass is 10.1. The van der Waals surface area contributed by atoms with Gasteiger partial charge in [-0.25, -0.2) is 0 Å². The average molecular weight is 356 g/mol. The molecule has 1 aromatic carbocycles. The van der Waals surface area contributed by atoms with Gasteiger partial charge in [-0.2, -0.15) is 0 Å². The number of nitro groups is 1. The van der Waals surface area contributed by atoms with Gasteiger partial charge in [0.2, 0.25) is 0 Å². The normalized spacial score (nSPS) is 10.2. The second-order valence-corrected chi connectivity index (χ2v) is 5.86. The molecule has 20 heavy (non-hydrogen) atoms. The summed E-state index contributed by atoms with van der Waals surface area (Å²) in [6.07, 6.45) is 0. The van der Waals surface area contributed by atoms with Crippen molar-refractivity contribution in [3.63, 3.8) is 0 Å². The average Bonchev–Trinajstić information content (AvgIpc) is 2.81. The summed E-state index contributed by atoms with van der Waals surface area (Å²) < 4.78 is 0.964. The standard InChI is InChI=1S/C12H10BrN3O3S/c13-8-4-9(20-6-8)5-15-12(17)7-1-2-11(16(18)19)10(14)3-7/h1-4,6H,5,14H2,(H,15,17). The van der Waals surface area contributed by atoms with Crippen molar-refractivity contribution < 1.29 is 9.72 Å². The minimum atomic E-state index is -0.583. The van der Waals surface area contributed by atoms with Gasteiger partial charge in [0, 0.05) is 26.4 Å². The number of carbonyl (C=O) groups is 1. The molecule has 104 valence electrons. The minimum absolute atomic E-state index is 0.0264. The number of nitrogens with two attached hydrogens (primary N) is 1. The van der Waals surface area contributed by atoms with Crippen LogP contribution in [0.25, 0.3) is 0 Å². The lowest BCUT2D eigenvalue weighted by Crippen LogP contribution is -2.22. The molecule has 0 saturated heterocycles. The van der Waals surface area contributed by atoms with E-state index in [1.807, 2.05) is 11.4 Å². The Kier molecular flexibility index (Phi) is 4.35. The van der Waals surface area contributed by atoms with Crippen LogP contribution in [0.15, 0.2) is 34.1 Å². The van der Waals surface area contributed by atoms with Crippen molar-refractivity contribution in [1.29, 1.82) is 0 Å². The molecule has 0 radical (unpaired) electrons. The van der Waals surface area contributed by atoms with Gasteiger partial charge in [-0.15, -0.1) is 11.3 Å². The van der Waals surface area contributed by atoms with E-state index in [0.29, 0.717) is 12.1 Å². The quantitative estimate of drug-likeness (QED) is 0.500. The first kappa shape index (κ1) is 14.5. The van der Waals surface area contributed by atoms with Gasteiger partial charge in [-0.3, -0.25) is 14.9 Å². The van der Waals surface area contributed by atoms with E-state index in [1.165, 1.54) is 29.5 Å². The summed E-state index contributed by atoms with van der Waals surface area (Å²) in [7, 11) is 0. The van der Waals surface area contributed by atoms with Gasteiger partial charge in [-0.05, 0) is 34.1 Å². The van der Waals surface area contributed by atoms with Crippen LogP contribution in [-0.4, -0.2) is 10.8 Å². The predicted molar refractivity (Wildman–Crippen MR) is 80.7 cm³/mol. The molecule has 3 N–H and O–H groups in total. The maximum atomic E-state index is 11.9. The van der Waals surface area contributed by atoms with E-state index in [2.05, 4.69) is 21.2 Å². The summed E-state index contributed by atoms with van der Waals surface area (Å²) in [4.78, 5) is 23.0. The van der Waals surface area contributed by atoms with E-state index >= 15 is 0 Å². The third-order valence-corrected chi connectivity index (χ3v) is 4.23. The van der Waals surface area contributed by atoms with E-state index < -0.39 is 4.92 Å². The van der Waals surface area contributed by atoms with Crippen LogP contribution in [0.1, 0.15) is 15.2 Å². The summed E-state index contributed by atoms with van der Waals surface area (Å²) in [5, 5.41) is 15.3. The number of anilines is 1. The molecule has 1 aromatic heterocycles. The van der Waals surface area contributed by atoms with Crippen molar-refractivity contribution in [2.75, 3.05) is 5.73 Å². The SMILES string of the molecule is Nc1cc(C(=O)NCc2cc(Br)cs2)ccc1[N+](=O)[O-]. The van der Waals surface area contributed by atoms with E-state index in [1.54, 1.807) is 0 Å². The molecule has 0 aliphatic carbocycles. The predicted octanol–water partition coefficient (Wildman–Crippen LogP) is 2.93. The highest BCUT2D eigenvalue weighted by molar-refractivity contribution is 9.10. The number of carbonyl (C=O) groups excluding carboxylic acids is 1. The number of thiophene rings is 1. The molecule has 8 heteroatoms. The van der Waals surface area contributed by atoms with Crippen LogP contribution in [0, 0.1) is 10.1 Å². The molecule has 2 rings (SSSR count). The van der Waals surface area contributed by atoms with Crippen molar-refractivity contribution in [3.05, 3.63) is 54.7 Å². The number of nitrogens with one attached hydrogen (secondary N) is 1. The molecule has 0 saturated carbocycles. The molecule has 0 aliphatic rings. The van der Waals surface area contributed by atoms with Crippen molar-refractivity contribution in [1.82, 2.24) is 5.32 Å². The van der Waals surface area contributed by atoms with Crippen LogP contribution in [0.5, 0.6) is 0 Å². The van der Waals surface area contributed by atoms with Crippen LogP contribution in [-0.2, 0) is 6.54 Å². The highest BCUT2D eigenvalue weighted by Crippen LogP contribution is 2.22. The first-order chi connectivity index (χ1) is 9.47. The number of nitro benzene ring substituents is 1. The maximum Gasteiger partial charge on any atom is 0.292 e. The maximum absolute atomic E-state index is 11.9. The van der Waals surface area contributed by atoms with Gasteiger partial charge >= 0.3 is 0 Å². The highest BCUT2D eigenvalue weighted by Gasteiger charge is 2.14. The summed E-state index contributed by atoms with van der Waals surface area (Å²) in [6, 6.07) is 5.83. The summed E-state index contributed by atoms with van der Waals surface area (Å²) in [5.74, 6) is -0.323. The fraction of sp³-hybridized carbons (Fsp3) is 0.0833. The second kappa shape index (κ2) is 6.02. The van der Waals surface area contributed by atoms with Gasteiger partial charge in [-0.1, -0.05) is 0 Å². The monoisotopic (exact) mass is 355 g/mol. The highest BCUT2D eigenvalue weighted by atomic mass is 79.9. The van der Waals surface area contributed by atoms with Gasteiger partial charge in [0.15, 0.2) is 0 Å². The number of benzene rings is 1. The number of nitrogens with zero attached hydrogens (tertiary/aromatic N) is 1. The van der Waals surface area contributed by atoms with E-state index in [4.69, 9.17) is 5.73 Å². The molecule has 0 spiro atoms. The number of hydrogen-bond acceptors (Lipinski definition) is 5.